The first-order valence-electron chi connectivity index (χ1n) is 8.00. The van der Waals surface area contributed by atoms with Gasteiger partial charge in [0, 0.05) is 18.9 Å². The van der Waals surface area contributed by atoms with Gasteiger partial charge in [-0.1, -0.05) is 6.42 Å². The van der Waals surface area contributed by atoms with Crippen molar-refractivity contribution in [1.82, 2.24) is 4.90 Å². The fourth-order valence-corrected chi connectivity index (χ4v) is 4.72. The molecule has 4 rings (SSSR count). The largest absolute Gasteiger partial charge is 0.391 e. The van der Waals surface area contributed by atoms with Crippen molar-refractivity contribution in [1.29, 1.82) is 0 Å². The first-order chi connectivity index (χ1) is 9.20. The summed E-state index contributed by atoms with van der Waals surface area (Å²) >= 11 is 0. The van der Waals surface area contributed by atoms with E-state index in [1.807, 2.05) is 0 Å². The normalized spacial score (nSPS) is 49.3. The van der Waals surface area contributed by atoms with Crippen molar-refractivity contribution in [3.05, 3.63) is 0 Å². The Hall–Kier alpha value is -0.160. The van der Waals surface area contributed by atoms with E-state index in [0.717, 1.165) is 32.2 Å². The van der Waals surface area contributed by atoms with Crippen LogP contribution in [-0.2, 0) is 9.47 Å². The summed E-state index contributed by atoms with van der Waals surface area (Å²) in [5, 5.41) is 10.4. The van der Waals surface area contributed by atoms with Crippen LogP contribution in [0.25, 0.3) is 0 Å². The molecule has 1 N–H and O–H groups in total. The first-order valence-corrected chi connectivity index (χ1v) is 8.00. The van der Waals surface area contributed by atoms with Crippen molar-refractivity contribution >= 4 is 0 Å². The van der Waals surface area contributed by atoms with Gasteiger partial charge < -0.3 is 14.6 Å². The number of aliphatic hydroxyl groups excluding tert-OH is 1. The van der Waals surface area contributed by atoms with Crippen LogP contribution in [0.1, 0.15) is 51.9 Å². The van der Waals surface area contributed by atoms with Gasteiger partial charge in [-0.05, 0) is 39.2 Å². The van der Waals surface area contributed by atoms with Gasteiger partial charge in [-0.2, -0.15) is 0 Å². The molecule has 0 amide bonds. The van der Waals surface area contributed by atoms with Gasteiger partial charge in [0.05, 0.1) is 12.1 Å². The Morgan fingerprint density at radius 2 is 1.79 bits per heavy atom. The third kappa shape index (κ3) is 1.80. The third-order valence-electron chi connectivity index (χ3n) is 5.67. The van der Waals surface area contributed by atoms with E-state index in [4.69, 9.17) is 9.47 Å². The second-order valence-corrected chi connectivity index (χ2v) is 6.81. The molecule has 0 aromatic heterocycles. The van der Waals surface area contributed by atoms with Gasteiger partial charge in [0.15, 0.2) is 5.79 Å². The topological polar surface area (TPSA) is 41.9 Å². The van der Waals surface area contributed by atoms with Crippen LogP contribution in [0.5, 0.6) is 0 Å². The minimum absolute atomic E-state index is 0.0865. The summed E-state index contributed by atoms with van der Waals surface area (Å²) in [6.45, 7) is 3.32. The lowest BCUT2D eigenvalue weighted by Crippen LogP contribution is -2.52. The van der Waals surface area contributed by atoms with Crippen molar-refractivity contribution in [2.24, 2.45) is 0 Å². The molecule has 3 aliphatic heterocycles. The van der Waals surface area contributed by atoms with E-state index in [2.05, 4.69) is 11.8 Å². The van der Waals surface area contributed by atoms with Crippen LogP contribution < -0.4 is 0 Å². The highest BCUT2D eigenvalue weighted by atomic mass is 16.8. The fourth-order valence-electron chi connectivity index (χ4n) is 4.72. The molecule has 108 valence electrons. The maximum atomic E-state index is 10.4. The van der Waals surface area contributed by atoms with Crippen LogP contribution in [0.2, 0.25) is 0 Å². The lowest BCUT2D eigenvalue weighted by atomic mass is 9.94. The summed E-state index contributed by atoms with van der Waals surface area (Å²) < 4.78 is 12.8. The van der Waals surface area contributed by atoms with Crippen molar-refractivity contribution in [3.63, 3.8) is 0 Å². The zero-order chi connectivity index (χ0) is 13.0. The molecule has 4 nitrogen and oxygen atoms in total. The second kappa shape index (κ2) is 4.42. The molecule has 5 atom stereocenters. The molecule has 1 aliphatic carbocycles. The molecule has 1 spiro atoms. The van der Waals surface area contributed by atoms with Gasteiger partial charge in [0.25, 0.3) is 0 Å². The van der Waals surface area contributed by atoms with Gasteiger partial charge >= 0.3 is 0 Å². The van der Waals surface area contributed by atoms with E-state index in [1.165, 1.54) is 19.3 Å². The molecular formula is C15H25NO3. The summed E-state index contributed by atoms with van der Waals surface area (Å²) in [4.78, 5) is 2.42. The van der Waals surface area contributed by atoms with Crippen LogP contribution in [0.3, 0.4) is 0 Å². The van der Waals surface area contributed by atoms with Crippen molar-refractivity contribution in [2.75, 3.05) is 6.54 Å². The van der Waals surface area contributed by atoms with Gasteiger partial charge in [0.1, 0.15) is 12.2 Å². The SMILES string of the molecule is C[C@@H]1C2OC3(CCCCC3)OC2[C@H]2[C@H](O)CCCN12. The van der Waals surface area contributed by atoms with Crippen LogP contribution in [0.15, 0.2) is 0 Å². The molecule has 4 aliphatic rings. The molecule has 1 saturated carbocycles. The molecular weight excluding hydrogens is 242 g/mol. The monoisotopic (exact) mass is 267 g/mol. The van der Waals surface area contributed by atoms with Crippen LogP contribution >= 0.6 is 0 Å². The number of aliphatic hydroxyl groups is 1. The number of hydrogen-bond donors (Lipinski definition) is 1. The lowest BCUT2D eigenvalue weighted by Gasteiger charge is -2.40. The van der Waals surface area contributed by atoms with Crippen molar-refractivity contribution < 1.29 is 14.6 Å². The van der Waals surface area contributed by atoms with E-state index >= 15 is 0 Å². The zero-order valence-corrected chi connectivity index (χ0v) is 11.8. The number of hydrogen-bond acceptors (Lipinski definition) is 4. The Balaban J connectivity index is 1.59. The number of rotatable bonds is 0. The first kappa shape index (κ1) is 12.6. The number of piperidine rings is 1. The number of fused-ring (bicyclic) bond motifs is 3. The van der Waals surface area contributed by atoms with Gasteiger partial charge in [-0.3, -0.25) is 4.90 Å². The summed E-state index contributed by atoms with van der Waals surface area (Å²) in [7, 11) is 0. The zero-order valence-electron chi connectivity index (χ0n) is 11.8. The minimum Gasteiger partial charge on any atom is -0.391 e. The summed E-state index contributed by atoms with van der Waals surface area (Å²) in [5.74, 6) is -0.314. The Morgan fingerprint density at radius 3 is 2.58 bits per heavy atom. The highest BCUT2D eigenvalue weighted by molar-refractivity contribution is 5.09. The maximum absolute atomic E-state index is 10.4. The Kier molecular flexibility index (Phi) is 2.92. The smallest absolute Gasteiger partial charge is 0.169 e. The minimum atomic E-state index is -0.314. The fraction of sp³-hybridized carbons (Fsp3) is 1.00. The van der Waals surface area contributed by atoms with Gasteiger partial charge in [0.2, 0.25) is 0 Å². The maximum Gasteiger partial charge on any atom is 0.169 e. The number of ether oxygens (including phenoxy) is 2. The molecule has 0 aromatic rings. The predicted molar refractivity (Wildman–Crippen MR) is 70.8 cm³/mol. The van der Waals surface area contributed by atoms with E-state index in [-0.39, 0.29) is 30.1 Å². The van der Waals surface area contributed by atoms with Gasteiger partial charge in [-0.15, -0.1) is 0 Å². The van der Waals surface area contributed by atoms with Crippen molar-refractivity contribution in [3.8, 4) is 0 Å². The quantitative estimate of drug-likeness (QED) is 0.725. The molecule has 0 radical (unpaired) electrons. The molecule has 0 bridgehead atoms. The van der Waals surface area contributed by atoms with E-state index in [0.29, 0.717) is 6.04 Å². The second-order valence-electron chi connectivity index (χ2n) is 6.81. The summed E-state index contributed by atoms with van der Waals surface area (Å²) in [6.07, 6.45) is 7.81. The standard InChI is InChI=1S/C15H25NO3/c1-10-13-14(12-11(17)6-5-9-16(10)12)19-15(18-13)7-3-2-4-8-15/h10-14,17H,2-9H2,1H3/t10-,11-,12-,13?,14?/m1/s1. The Bertz CT molecular complexity index is 355. The highest BCUT2D eigenvalue weighted by Crippen LogP contribution is 2.48. The number of nitrogens with zero attached hydrogens (tertiary/aromatic N) is 1. The molecule has 3 heterocycles. The highest BCUT2D eigenvalue weighted by Gasteiger charge is 2.60. The predicted octanol–water partition coefficient (Wildman–Crippen LogP) is 1.66. The van der Waals surface area contributed by atoms with E-state index in [9.17, 15) is 5.11 Å². The lowest BCUT2D eigenvalue weighted by molar-refractivity contribution is -0.215. The molecule has 4 heteroatoms. The van der Waals surface area contributed by atoms with Crippen LogP contribution in [-0.4, -0.2) is 52.7 Å². The molecule has 2 unspecified atom stereocenters. The Morgan fingerprint density at radius 1 is 1.05 bits per heavy atom. The van der Waals surface area contributed by atoms with Gasteiger partial charge in [-0.25, -0.2) is 0 Å². The van der Waals surface area contributed by atoms with E-state index < -0.39 is 0 Å². The van der Waals surface area contributed by atoms with E-state index in [1.54, 1.807) is 0 Å². The molecule has 0 aromatic carbocycles. The molecule has 4 fully saturated rings. The molecule has 19 heavy (non-hydrogen) atoms. The average molecular weight is 267 g/mol. The summed E-state index contributed by atoms with van der Waals surface area (Å²) in [5.41, 5.74) is 0. The average Bonchev–Trinajstić information content (AvgIpc) is 2.88. The Labute approximate surface area is 115 Å². The molecule has 3 saturated heterocycles. The van der Waals surface area contributed by atoms with Crippen LogP contribution in [0, 0.1) is 0 Å². The van der Waals surface area contributed by atoms with Crippen molar-refractivity contribution in [2.45, 2.75) is 88.1 Å². The van der Waals surface area contributed by atoms with Crippen LogP contribution in [0.4, 0.5) is 0 Å². The third-order valence-corrected chi connectivity index (χ3v) is 5.67. The summed E-state index contributed by atoms with van der Waals surface area (Å²) in [6, 6.07) is 0.543.